The molecule has 4 bridgehead atoms. The predicted molar refractivity (Wildman–Crippen MR) is 182 cm³/mol. The van der Waals surface area contributed by atoms with Crippen molar-refractivity contribution in [2.24, 2.45) is 17.3 Å². The van der Waals surface area contributed by atoms with Gasteiger partial charge < -0.3 is 43.0 Å². The van der Waals surface area contributed by atoms with Crippen molar-refractivity contribution in [3.63, 3.8) is 0 Å². The maximum atomic E-state index is 14.9. The van der Waals surface area contributed by atoms with Crippen LogP contribution < -0.4 is 4.74 Å². The first-order chi connectivity index (χ1) is 24.0. The van der Waals surface area contributed by atoms with Gasteiger partial charge in [-0.2, -0.15) is 0 Å². The molecule has 0 radical (unpaired) electrons. The van der Waals surface area contributed by atoms with Gasteiger partial charge >= 0.3 is 12.1 Å². The van der Waals surface area contributed by atoms with Crippen molar-refractivity contribution >= 4 is 18.0 Å². The summed E-state index contributed by atoms with van der Waals surface area (Å²) in [6, 6.07) is 6.92. The Labute approximate surface area is 296 Å². The standard InChI is InChI=1S/C38H56N2O10/c1-6-45-30(41)22-38-29-17-18-39(35(43)50-36(2,3)4)34(38)37(24-48-31-11-7-9-19-46-31,25-49-32-12-8-10-20-47-32)21-28(29)33(42)40(38)23-26-13-15-27(44-5)16-14-26/h13-16,28-29,31-32,34H,6-12,17-25H2,1-5H3/t28-,29-,31?,32?,34+,37?,38+/m1/s1. The molecule has 5 fully saturated rings. The number of rotatable bonds is 12. The molecule has 278 valence electrons. The van der Waals surface area contributed by atoms with Crippen molar-refractivity contribution in [2.45, 2.75) is 122 Å². The van der Waals surface area contributed by atoms with Crippen molar-refractivity contribution in [3.05, 3.63) is 29.8 Å². The second kappa shape index (κ2) is 15.4. The maximum Gasteiger partial charge on any atom is 0.410 e. The van der Waals surface area contributed by atoms with Crippen molar-refractivity contribution in [3.8, 4) is 5.75 Å². The van der Waals surface area contributed by atoms with Gasteiger partial charge in [0.1, 0.15) is 11.4 Å². The number of esters is 1. The van der Waals surface area contributed by atoms with Gasteiger partial charge in [0.05, 0.1) is 44.9 Å². The lowest BCUT2D eigenvalue weighted by Crippen LogP contribution is -2.76. The molecule has 0 spiro atoms. The van der Waals surface area contributed by atoms with Crippen molar-refractivity contribution in [2.75, 3.05) is 46.7 Å². The minimum absolute atomic E-state index is 0.0316. The first kappa shape index (κ1) is 36.8. The highest BCUT2D eigenvalue weighted by Crippen LogP contribution is 2.63. The lowest BCUT2D eigenvalue weighted by Gasteiger charge is -2.63. The summed E-state index contributed by atoms with van der Waals surface area (Å²) >= 11 is 0. The fraction of sp³-hybridized carbons (Fsp3) is 0.763. The fourth-order valence-electron chi connectivity index (χ4n) is 9.19. The topological polar surface area (TPSA) is 122 Å². The summed E-state index contributed by atoms with van der Waals surface area (Å²) in [6.07, 6.45) is 5.02. The molecule has 1 saturated carbocycles. The minimum atomic E-state index is -1.12. The Bertz CT molecular complexity index is 1310. The zero-order valence-electron chi connectivity index (χ0n) is 30.5. The molecule has 6 atom stereocenters. The van der Waals surface area contributed by atoms with E-state index in [9.17, 15) is 14.4 Å². The Balaban J connectivity index is 1.49. The Kier molecular flexibility index (Phi) is 11.3. The van der Waals surface area contributed by atoms with Crippen LogP contribution >= 0.6 is 0 Å². The van der Waals surface area contributed by atoms with Gasteiger partial charge in [-0.1, -0.05) is 12.1 Å². The number of methoxy groups -OCH3 is 1. The largest absolute Gasteiger partial charge is 0.497 e. The van der Waals surface area contributed by atoms with Crippen LogP contribution in [0.5, 0.6) is 5.75 Å². The number of benzene rings is 1. The first-order valence-corrected chi connectivity index (χ1v) is 18.6. The highest BCUT2D eigenvalue weighted by atomic mass is 16.7. The second-order valence-electron chi connectivity index (χ2n) is 15.6. The number of carbonyl (C=O) groups excluding carboxylic acids is 3. The number of likely N-dealkylation sites (tertiary alicyclic amines) is 2. The lowest BCUT2D eigenvalue weighted by molar-refractivity contribution is -0.241. The summed E-state index contributed by atoms with van der Waals surface area (Å²) in [5, 5.41) is 0. The lowest BCUT2D eigenvalue weighted by atomic mass is 9.52. The predicted octanol–water partition coefficient (Wildman–Crippen LogP) is 5.45. The van der Waals surface area contributed by atoms with E-state index in [4.69, 9.17) is 33.2 Å². The average Bonchev–Trinajstić information content (AvgIpc) is 3.26. The Morgan fingerprint density at radius 2 is 1.58 bits per heavy atom. The number of ether oxygens (including phenoxy) is 7. The number of piperidine rings is 1. The molecule has 0 aromatic heterocycles. The molecule has 2 amide bonds. The van der Waals surface area contributed by atoms with Gasteiger partial charge in [-0.25, -0.2) is 4.79 Å². The number of hydrogen-bond donors (Lipinski definition) is 0. The van der Waals surface area contributed by atoms with Crippen LogP contribution in [-0.4, -0.2) is 104 Å². The average molecular weight is 701 g/mol. The molecule has 0 N–H and O–H groups in total. The van der Waals surface area contributed by atoms with Gasteiger partial charge in [0.25, 0.3) is 0 Å². The van der Waals surface area contributed by atoms with E-state index in [2.05, 4.69) is 0 Å². The first-order valence-electron chi connectivity index (χ1n) is 18.6. The van der Waals surface area contributed by atoms with E-state index in [0.717, 1.165) is 44.1 Å². The third-order valence-corrected chi connectivity index (χ3v) is 11.1. The Hall–Kier alpha value is -2.93. The highest BCUT2D eigenvalue weighted by Gasteiger charge is 2.74. The van der Waals surface area contributed by atoms with Crippen LogP contribution in [0.1, 0.15) is 91.0 Å². The summed E-state index contributed by atoms with van der Waals surface area (Å²) in [5.74, 6) is -0.350. The van der Waals surface area contributed by atoms with Crippen LogP contribution in [-0.2, 0) is 44.6 Å². The molecule has 50 heavy (non-hydrogen) atoms. The van der Waals surface area contributed by atoms with Gasteiger partial charge in [0, 0.05) is 37.6 Å². The summed E-state index contributed by atoms with van der Waals surface area (Å²) in [4.78, 5) is 46.8. The van der Waals surface area contributed by atoms with Crippen molar-refractivity contribution < 1.29 is 47.5 Å². The van der Waals surface area contributed by atoms with Crippen molar-refractivity contribution in [1.29, 1.82) is 0 Å². The normalized spacial score (nSPS) is 32.5. The quantitative estimate of drug-likeness (QED) is 0.260. The molecule has 12 nitrogen and oxygen atoms in total. The minimum Gasteiger partial charge on any atom is -0.497 e. The fourth-order valence-corrected chi connectivity index (χ4v) is 9.19. The van der Waals surface area contributed by atoms with Gasteiger partial charge in [-0.05, 0) is 103 Å². The molecule has 4 heterocycles. The van der Waals surface area contributed by atoms with E-state index >= 15 is 0 Å². The van der Waals surface area contributed by atoms with Crippen LogP contribution in [0.15, 0.2) is 24.3 Å². The summed E-state index contributed by atoms with van der Waals surface area (Å²) in [5.41, 5.74) is -1.90. The number of amides is 2. The molecular formula is C38H56N2O10. The highest BCUT2D eigenvalue weighted by molar-refractivity contribution is 5.87. The van der Waals surface area contributed by atoms with Gasteiger partial charge in [-0.15, -0.1) is 0 Å². The van der Waals surface area contributed by atoms with Crippen LogP contribution in [0.4, 0.5) is 4.79 Å². The zero-order valence-corrected chi connectivity index (χ0v) is 30.5. The molecule has 1 aliphatic carbocycles. The monoisotopic (exact) mass is 700 g/mol. The number of hydrogen-bond acceptors (Lipinski definition) is 10. The molecule has 6 rings (SSSR count). The van der Waals surface area contributed by atoms with Crippen LogP contribution in [0.25, 0.3) is 0 Å². The molecular weight excluding hydrogens is 644 g/mol. The van der Waals surface area contributed by atoms with Crippen LogP contribution in [0.3, 0.4) is 0 Å². The van der Waals surface area contributed by atoms with E-state index in [1.165, 1.54) is 0 Å². The molecule has 2 unspecified atom stereocenters. The van der Waals surface area contributed by atoms with E-state index in [0.29, 0.717) is 38.3 Å². The van der Waals surface area contributed by atoms with Gasteiger partial charge in [0.2, 0.25) is 5.91 Å². The molecule has 4 aliphatic heterocycles. The third kappa shape index (κ3) is 7.49. The maximum absolute atomic E-state index is 14.9. The molecule has 1 aromatic rings. The van der Waals surface area contributed by atoms with E-state index < -0.39 is 53.2 Å². The molecule has 1 aromatic carbocycles. The smallest absolute Gasteiger partial charge is 0.410 e. The van der Waals surface area contributed by atoms with E-state index in [1.807, 2.05) is 49.9 Å². The Morgan fingerprint density at radius 3 is 2.12 bits per heavy atom. The molecule has 4 saturated heterocycles. The van der Waals surface area contributed by atoms with E-state index in [-0.39, 0.29) is 44.6 Å². The van der Waals surface area contributed by atoms with Crippen LogP contribution in [0.2, 0.25) is 0 Å². The summed E-state index contributed by atoms with van der Waals surface area (Å²) in [6.45, 7) is 9.71. The van der Waals surface area contributed by atoms with Crippen LogP contribution in [0, 0.1) is 17.3 Å². The molecule has 5 aliphatic rings. The van der Waals surface area contributed by atoms with Crippen molar-refractivity contribution in [1.82, 2.24) is 9.80 Å². The summed E-state index contributed by atoms with van der Waals surface area (Å²) in [7, 11) is 1.61. The Morgan fingerprint density at radius 1 is 0.940 bits per heavy atom. The zero-order chi connectivity index (χ0) is 35.5. The number of carbonyl (C=O) groups is 3. The second-order valence-corrected chi connectivity index (χ2v) is 15.6. The van der Waals surface area contributed by atoms with Gasteiger partial charge in [0.15, 0.2) is 12.6 Å². The summed E-state index contributed by atoms with van der Waals surface area (Å²) < 4.78 is 42.5. The molecule has 12 heteroatoms. The third-order valence-electron chi connectivity index (χ3n) is 11.1. The van der Waals surface area contributed by atoms with Gasteiger partial charge in [-0.3, -0.25) is 9.59 Å². The SMILES string of the molecule is CCOC(=O)C[C@]12[C@@H]3CCN(C(=O)OC(C)(C)C)[C@H]1C(COC1CCCCO1)(COC1CCCCO1)C[C@H]3C(=O)N2Cc1ccc(OC)cc1. The van der Waals surface area contributed by atoms with E-state index in [1.54, 1.807) is 18.9 Å². The number of nitrogens with zero attached hydrogens (tertiary/aromatic N) is 2.